The van der Waals surface area contributed by atoms with E-state index in [0.29, 0.717) is 6.54 Å². The second kappa shape index (κ2) is 8.63. The molecule has 2 N–H and O–H groups in total. The van der Waals surface area contributed by atoms with Crippen LogP contribution in [0, 0.1) is 0 Å². The van der Waals surface area contributed by atoms with Crippen LogP contribution >= 0.6 is 0 Å². The average molecular weight is 335 g/mol. The third kappa shape index (κ3) is 5.17. The van der Waals surface area contributed by atoms with Crippen LogP contribution in [0.5, 0.6) is 5.75 Å². The van der Waals surface area contributed by atoms with E-state index in [9.17, 15) is 0 Å². The fourth-order valence-electron chi connectivity index (χ4n) is 2.36. The maximum Gasteiger partial charge on any atom is 0.131 e. The summed E-state index contributed by atoms with van der Waals surface area (Å²) < 4.78 is 5.17. The number of nitrogens with one attached hydrogen (secondary N) is 2. The smallest absolute Gasteiger partial charge is 0.131 e. The van der Waals surface area contributed by atoms with Crippen molar-refractivity contribution in [2.45, 2.75) is 13.0 Å². The van der Waals surface area contributed by atoms with Crippen molar-refractivity contribution in [1.29, 1.82) is 0 Å². The number of ether oxygens (including phenoxy) is 1. The van der Waals surface area contributed by atoms with Crippen molar-refractivity contribution >= 4 is 11.6 Å². The maximum absolute atomic E-state index is 5.17. The molecule has 128 valence electrons. The second-order valence-electron chi connectivity index (χ2n) is 5.49. The molecule has 25 heavy (non-hydrogen) atoms. The number of nitrogens with zero attached hydrogens (tertiary/aromatic N) is 3. The van der Waals surface area contributed by atoms with E-state index in [-0.39, 0.29) is 0 Å². The molecule has 3 rings (SSSR count). The van der Waals surface area contributed by atoms with Gasteiger partial charge in [0.1, 0.15) is 23.7 Å². The highest BCUT2D eigenvalue weighted by Gasteiger charge is 2.00. The van der Waals surface area contributed by atoms with Crippen molar-refractivity contribution in [3.8, 4) is 5.75 Å². The molecule has 0 fully saturated rings. The minimum atomic E-state index is 0.628. The van der Waals surface area contributed by atoms with Crippen LogP contribution in [-0.2, 0) is 13.0 Å². The van der Waals surface area contributed by atoms with Crippen LogP contribution in [0.3, 0.4) is 0 Å². The van der Waals surface area contributed by atoms with E-state index in [2.05, 4.69) is 37.7 Å². The lowest BCUT2D eigenvalue weighted by Crippen LogP contribution is -2.08. The van der Waals surface area contributed by atoms with Crippen LogP contribution in [0.1, 0.15) is 11.3 Å². The Hall–Kier alpha value is -3.15. The summed E-state index contributed by atoms with van der Waals surface area (Å²) in [5, 5.41) is 6.58. The molecule has 1 aromatic carbocycles. The van der Waals surface area contributed by atoms with Gasteiger partial charge < -0.3 is 15.4 Å². The Kier molecular flexibility index (Phi) is 5.77. The molecular formula is C19H21N5O. The summed E-state index contributed by atoms with van der Waals surface area (Å²) in [4.78, 5) is 12.8. The number of methoxy groups -OCH3 is 1. The van der Waals surface area contributed by atoms with Gasteiger partial charge in [-0.2, -0.15) is 0 Å². The third-order valence-corrected chi connectivity index (χ3v) is 3.72. The Morgan fingerprint density at radius 3 is 2.44 bits per heavy atom. The van der Waals surface area contributed by atoms with Gasteiger partial charge >= 0.3 is 0 Å². The fourth-order valence-corrected chi connectivity index (χ4v) is 2.36. The lowest BCUT2D eigenvalue weighted by atomic mass is 10.1. The van der Waals surface area contributed by atoms with Crippen molar-refractivity contribution in [3.05, 3.63) is 72.3 Å². The molecule has 0 spiro atoms. The number of rotatable bonds is 8. The molecule has 0 atom stereocenters. The van der Waals surface area contributed by atoms with Crippen molar-refractivity contribution in [1.82, 2.24) is 15.0 Å². The first-order valence-corrected chi connectivity index (χ1v) is 8.16. The molecule has 0 aliphatic heterocycles. The van der Waals surface area contributed by atoms with Crippen molar-refractivity contribution in [2.24, 2.45) is 0 Å². The zero-order valence-electron chi connectivity index (χ0n) is 14.1. The normalized spacial score (nSPS) is 10.3. The van der Waals surface area contributed by atoms with Crippen molar-refractivity contribution in [3.63, 3.8) is 0 Å². The van der Waals surface area contributed by atoms with E-state index in [1.807, 2.05) is 36.4 Å². The summed E-state index contributed by atoms with van der Waals surface area (Å²) in [6, 6.07) is 15.8. The average Bonchev–Trinajstić information content (AvgIpc) is 2.68. The van der Waals surface area contributed by atoms with E-state index < -0.39 is 0 Å². The highest BCUT2D eigenvalue weighted by molar-refractivity contribution is 5.46. The van der Waals surface area contributed by atoms with E-state index in [0.717, 1.165) is 36.0 Å². The molecule has 6 heteroatoms. The minimum Gasteiger partial charge on any atom is -0.497 e. The molecule has 0 bridgehead atoms. The van der Waals surface area contributed by atoms with E-state index >= 15 is 0 Å². The molecule has 0 aliphatic carbocycles. The quantitative estimate of drug-likeness (QED) is 0.659. The molecule has 0 radical (unpaired) electrons. The lowest BCUT2D eigenvalue weighted by Gasteiger charge is -2.09. The van der Waals surface area contributed by atoms with Gasteiger partial charge in [0.2, 0.25) is 0 Å². The SMILES string of the molecule is COc1ccc(CCNc2cc(NCc3ccccn3)ncn2)cc1. The second-order valence-corrected chi connectivity index (χ2v) is 5.49. The first-order valence-electron chi connectivity index (χ1n) is 8.16. The number of benzene rings is 1. The van der Waals surface area contributed by atoms with E-state index in [1.54, 1.807) is 19.6 Å². The fraction of sp³-hybridized carbons (Fsp3) is 0.211. The Bertz CT molecular complexity index is 777. The van der Waals surface area contributed by atoms with Crippen LogP contribution in [0.2, 0.25) is 0 Å². The third-order valence-electron chi connectivity index (χ3n) is 3.72. The van der Waals surface area contributed by atoms with Gasteiger partial charge in [0.15, 0.2) is 0 Å². The first-order chi connectivity index (χ1) is 12.3. The predicted molar refractivity (Wildman–Crippen MR) is 98.8 cm³/mol. The van der Waals surface area contributed by atoms with Gasteiger partial charge in [0, 0.05) is 18.8 Å². The molecule has 6 nitrogen and oxygen atoms in total. The highest BCUT2D eigenvalue weighted by Crippen LogP contribution is 2.13. The standard InChI is InChI=1S/C19H21N5O/c1-25-17-7-5-15(6-8-17)9-11-21-18-12-19(24-14-23-18)22-13-16-4-2-3-10-20-16/h2-8,10,12,14H,9,11,13H2,1H3,(H2,21,22,23,24). The van der Waals surface area contributed by atoms with Gasteiger partial charge in [-0.25, -0.2) is 9.97 Å². The largest absolute Gasteiger partial charge is 0.497 e. The lowest BCUT2D eigenvalue weighted by molar-refractivity contribution is 0.414. The van der Waals surface area contributed by atoms with Crippen LogP contribution in [0.15, 0.2) is 61.1 Å². The summed E-state index contributed by atoms with van der Waals surface area (Å²) in [5.74, 6) is 2.44. The number of anilines is 2. The van der Waals surface area contributed by atoms with Crippen molar-refractivity contribution < 1.29 is 4.74 Å². The number of aromatic nitrogens is 3. The molecule has 2 heterocycles. The van der Waals surface area contributed by atoms with Gasteiger partial charge in [-0.15, -0.1) is 0 Å². The Morgan fingerprint density at radius 1 is 0.920 bits per heavy atom. The van der Waals surface area contributed by atoms with Gasteiger partial charge in [0.25, 0.3) is 0 Å². The minimum absolute atomic E-state index is 0.628. The summed E-state index contributed by atoms with van der Waals surface area (Å²) in [5.41, 5.74) is 2.21. The molecule has 2 aromatic heterocycles. The predicted octanol–water partition coefficient (Wildman–Crippen LogP) is 3.15. The van der Waals surface area contributed by atoms with E-state index in [1.165, 1.54) is 5.56 Å². The Morgan fingerprint density at radius 2 is 1.72 bits per heavy atom. The number of pyridine rings is 1. The number of hydrogen-bond acceptors (Lipinski definition) is 6. The zero-order chi connectivity index (χ0) is 17.3. The zero-order valence-corrected chi connectivity index (χ0v) is 14.1. The monoisotopic (exact) mass is 335 g/mol. The van der Waals surface area contributed by atoms with Crippen LogP contribution in [-0.4, -0.2) is 28.6 Å². The molecule has 0 amide bonds. The van der Waals surface area contributed by atoms with Gasteiger partial charge in [-0.3, -0.25) is 4.98 Å². The first kappa shape index (κ1) is 16.7. The molecular weight excluding hydrogens is 314 g/mol. The summed E-state index contributed by atoms with van der Waals surface area (Å²) in [6.45, 7) is 1.42. The Balaban J connectivity index is 1.49. The topological polar surface area (TPSA) is 72.0 Å². The Labute approximate surface area is 147 Å². The maximum atomic E-state index is 5.17. The van der Waals surface area contributed by atoms with Gasteiger partial charge in [-0.1, -0.05) is 18.2 Å². The van der Waals surface area contributed by atoms with Crippen molar-refractivity contribution in [2.75, 3.05) is 24.3 Å². The molecule has 0 saturated carbocycles. The van der Waals surface area contributed by atoms with Gasteiger partial charge in [0.05, 0.1) is 19.3 Å². The summed E-state index contributed by atoms with van der Waals surface area (Å²) in [7, 11) is 1.67. The number of hydrogen-bond donors (Lipinski definition) is 2. The summed E-state index contributed by atoms with van der Waals surface area (Å²) >= 11 is 0. The van der Waals surface area contributed by atoms with Crippen LogP contribution in [0.4, 0.5) is 11.6 Å². The molecule has 0 unspecified atom stereocenters. The van der Waals surface area contributed by atoms with Crippen LogP contribution in [0.25, 0.3) is 0 Å². The van der Waals surface area contributed by atoms with Crippen LogP contribution < -0.4 is 15.4 Å². The highest BCUT2D eigenvalue weighted by atomic mass is 16.5. The molecule has 0 aliphatic rings. The molecule has 3 aromatic rings. The summed E-state index contributed by atoms with van der Waals surface area (Å²) in [6.07, 6.45) is 4.24. The molecule has 0 saturated heterocycles. The van der Waals surface area contributed by atoms with E-state index in [4.69, 9.17) is 4.74 Å². The van der Waals surface area contributed by atoms with Gasteiger partial charge in [-0.05, 0) is 36.2 Å².